The highest BCUT2D eigenvalue weighted by atomic mass is 79.9. The van der Waals surface area contributed by atoms with E-state index >= 15 is 0 Å². The molecule has 3 N–H and O–H groups in total. The second kappa shape index (κ2) is 6.02. The molecule has 0 saturated heterocycles. The number of benzene rings is 1. The lowest BCUT2D eigenvalue weighted by atomic mass is 10.1. The van der Waals surface area contributed by atoms with Gasteiger partial charge in [0, 0.05) is 41.0 Å². The highest BCUT2D eigenvalue weighted by Crippen LogP contribution is 2.29. The summed E-state index contributed by atoms with van der Waals surface area (Å²) in [5.41, 5.74) is 5.44. The Balaban J connectivity index is 2.42. The fraction of sp³-hybridized carbons (Fsp3) is 0.286. The number of nitrogens with two attached hydrogens (primary N) is 1. The van der Waals surface area contributed by atoms with Gasteiger partial charge in [0.2, 0.25) is 0 Å². The van der Waals surface area contributed by atoms with Crippen molar-refractivity contribution >= 4 is 38.4 Å². The van der Waals surface area contributed by atoms with Crippen LogP contribution in [0.4, 0.5) is 5.82 Å². The Morgan fingerprint density at radius 3 is 2.84 bits per heavy atom. The molecule has 0 saturated carbocycles. The molecule has 0 radical (unpaired) electrons. The molecule has 1 aromatic heterocycles. The molecule has 0 aliphatic rings. The Labute approximate surface area is 121 Å². The Hall–Kier alpha value is -1.62. The van der Waals surface area contributed by atoms with Crippen molar-refractivity contribution in [3.63, 3.8) is 0 Å². The van der Waals surface area contributed by atoms with Crippen molar-refractivity contribution < 1.29 is 0 Å². The van der Waals surface area contributed by atoms with E-state index in [0.29, 0.717) is 13.0 Å². The first-order valence-corrected chi connectivity index (χ1v) is 7.04. The summed E-state index contributed by atoms with van der Waals surface area (Å²) >= 11 is 3.56. The van der Waals surface area contributed by atoms with Crippen LogP contribution in [0.3, 0.4) is 0 Å². The maximum absolute atomic E-state index is 7.35. The minimum atomic E-state index is 0.208. The maximum atomic E-state index is 7.35. The Kier molecular flexibility index (Phi) is 4.37. The normalized spacial score (nSPS) is 10.6. The van der Waals surface area contributed by atoms with Gasteiger partial charge in [0.1, 0.15) is 5.82 Å². The standard InChI is InChI=1S/C14H17BrN4/c1-2-19(9-7-13(16)17)14-11-4-3-5-12(15)10(11)6-8-18-14/h3-6,8H,2,7,9H2,1H3,(H3,16,17). The first-order valence-electron chi connectivity index (χ1n) is 6.24. The topological polar surface area (TPSA) is 66.0 Å². The summed E-state index contributed by atoms with van der Waals surface area (Å²) in [6, 6.07) is 8.11. The number of halogens is 1. The van der Waals surface area contributed by atoms with Gasteiger partial charge in [-0.25, -0.2) is 4.98 Å². The van der Waals surface area contributed by atoms with E-state index in [9.17, 15) is 0 Å². The summed E-state index contributed by atoms with van der Waals surface area (Å²) in [4.78, 5) is 6.64. The van der Waals surface area contributed by atoms with Gasteiger partial charge in [0.15, 0.2) is 0 Å². The van der Waals surface area contributed by atoms with Crippen LogP contribution in [0.25, 0.3) is 10.8 Å². The summed E-state index contributed by atoms with van der Waals surface area (Å²) in [5, 5.41) is 9.61. The van der Waals surface area contributed by atoms with Gasteiger partial charge in [-0.05, 0) is 19.1 Å². The molecule has 1 aromatic carbocycles. The molecule has 2 aromatic rings. The van der Waals surface area contributed by atoms with E-state index in [1.54, 1.807) is 0 Å². The zero-order chi connectivity index (χ0) is 13.8. The number of hydrogen-bond donors (Lipinski definition) is 2. The van der Waals surface area contributed by atoms with Crippen molar-refractivity contribution in [1.29, 1.82) is 5.41 Å². The molecule has 0 aliphatic heterocycles. The highest BCUT2D eigenvalue weighted by molar-refractivity contribution is 9.10. The number of nitrogens with one attached hydrogen (secondary N) is 1. The summed E-state index contributed by atoms with van der Waals surface area (Å²) in [7, 11) is 0. The summed E-state index contributed by atoms with van der Waals surface area (Å²) < 4.78 is 1.07. The minimum Gasteiger partial charge on any atom is -0.388 e. The molecule has 19 heavy (non-hydrogen) atoms. The van der Waals surface area contributed by atoms with E-state index in [-0.39, 0.29) is 5.84 Å². The highest BCUT2D eigenvalue weighted by Gasteiger charge is 2.11. The third kappa shape index (κ3) is 3.04. The van der Waals surface area contributed by atoms with Crippen LogP contribution in [-0.4, -0.2) is 23.9 Å². The Morgan fingerprint density at radius 1 is 1.37 bits per heavy atom. The molecular weight excluding hydrogens is 304 g/mol. The molecular formula is C14H17BrN4. The number of hydrogen-bond acceptors (Lipinski definition) is 3. The molecule has 1 heterocycles. The largest absolute Gasteiger partial charge is 0.388 e. The molecule has 2 rings (SSSR count). The second-order valence-corrected chi connectivity index (χ2v) is 5.18. The van der Waals surface area contributed by atoms with E-state index in [2.05, 4.69) is 38.8 Å². The fourth-order valence-corrected chi connectivity index (χ4v) is 2.57. The second-order valence-electron chi connectivity index (χ2n) is 4.32. The van der Waals surface area contributed by atoms with E-state index < -0.39 is 0 Å². The third-order valence-corrected chi connectivity index (χ3v) is 3.76. The molecule has 0 aliphatic carbocycles. The number of fused-ring (bicyclic) bond motifs is 1. The van der Waals surface area contributed by atoms with Crippen LogP contribution in [0.1, 0.15) is 13.3 Å². The van der Waals surface area contributed by atoms with Gasteiger partial charge in [-0.15, -0.1) is 0 Å². The van der Waals surface area contributed by atoms with Crippen LogP contribution in [0.5, 0.6) is 0 Å². The number of pyridine rings is 1. The van der Waals surface area contributed by atoms with E-state index in [1.807, 2.05) is 24.4 Å². The van der Waals surface area contributed by atoms with Crippen molar-refractivity contribution in [2.75, 3.05) is 18.0 Å². The predicted octanol–water partition coefficient (Wildman–Crippen LogP) is 3.15. The van der Waals surface area contributed by atoms with Crippen molar-refractivity contribution in [2.45, 2.75) is 13.3 Å². The van der Waals surface area contributed by atoms with Gasteiger partial charge in [-0.2, -0.15) is 0 Å². The smallest absolute Gasteiger partial charge is 0.136 e. The van der Waals surface area contributed by atoms with Gasteiger partial charge in [0.05, 0.1) is 5.84 Å². The van der Waals surface area contributed by atoms with E-state index in [4.69, 9.17) is 11.1 Å². The van der Waals surface area contributed by atoms with Crippen LogP contribution in [0.15, 0.2) is 34.9 Å². The zero-order valence-electron chi connectivity index (χ0n) is 10.9. The van der Waals surface area contributed by atoms with Crippen LogP contribution in [-0.2, 0) is 0 Å². The molecule has 100 valence electrons. The molecule has 5 heteroatoms. The molecule has 0 spiro atoms. The van der Waals surface area contributed by atoms with Crippen molar-refractivity contribution in [3.05, 3.63) is 34.9 Å². The zero-order valence-corrected chi connectivity index (χ0v) is 12.4. The first-order chi connectivity index (χ1) is 9.13. The predicted molar refractivity (Wildman–Crippen MR) is 83.9 cm³/mol. The number of rotatable bonds is 5. The number of nitrogens with zero attached hydrogens (tertiary/aromatic N) is 2. The first kappa shape index (κ1) is 13.8. The lowest BCUT2D eigenvalue weighted by Gasteiger charge is -2.23. The fourth-order valence-electron chi connectivity index (χ4n) is 2.07. The number of amidine groups is 1. The SMILES string of the molecule is CCN(CCC(=N)N)c1nccc2c(Br)cccc12. The van der Waals surface area contributed by atoms with Crippen molar-refractivity contribution in [3.8, 4) is 0 Å². The van der Waals surface area contributed by atoms with Gasteiger partial charge in [-0.3, -0.25) is 5.41 Å². The lowest BCUT2D eigenvalue weighted by Crippen LogP contribution is -2.28. The molecule has 4 nitrogen and oxygen atoms in total. The number of anilines is 1. The average Bonchev–Trinajstić information content (AvgIpc) is 2.40. The molecule has 0 atom stereocenters. The van der Waals surface area contributed by atoms with Gasteiger partial charge >= 0.3 is 0 Å². The molecule has 0 unspecified atom stereocenters. The van der Waals surface area contributed by atoms with Crippen LogP contribution in [0.2, 0.25) is 0 Å². The summed E-state index contributed by atoms with van der Waals surface area (Å²) in [6.07, 6.45) is 2.37. The van der Waals surface area contributed by atoms with Gasteiger partial charge < -0.3 is 10.6 Å². The van der Waals surface area contributed by atoms with E-state index in [0.717, 1.165) is 27.6 Å². The van der Waals surface area contributed by atoms with Crippen molar-refractivity contribution in [2.24, 2.45) is 5.73 Å². The van der Waals surface area contributed by atoms with Gasteiger partial charge in [0.25, 0.3) is 0 Å². The van der Waals surface area contributed by atoms with Crippen LogP contribution < -0.4 is 10.6 Å². The molecule has 0 bridgehead atoms. The quantitative estimate of drug-likeness (QED) is 0.657. The van der Waals surface area contributed by atoms with Gasteiger partial charge in [-0.1, -0.05) is 28.1 Å². The maximum Gasteiger partial charge on any atom is 0.136 e. The summed E-state index contributed by atoms with van der Waals surface area (Å²) in [5.74, 6) is 1.16. The lowest BCUT2D eigenvalue weighted by molar-refractivity contribution is 0.819. The van der Waals surface area contributed by atoms with Crippen molar-refractivity contribution in [1.82, 2.24) is 4.98 Å². The Morgan fingerprint density at radius 2 is 2.16 bits per heavy atom. The average molecular weight is 321 g/mol. The van der Waals surface area contributed by atoms with E-state index in [1.165, 1.54) is 0 Å². The van der Waals surface area contributed by atoms with Crippen LogP contribution in [0, 0.1) is 5.41 Å². The number of aromatic nitrogens is 1. The minimum absolute atomic E-state index is 0.208. The Bertz CT molecular complexity index is 597. The molecule has 0 amide bonds. The van der Waals surface area contributed by atoms with Crippen LogP contribution >= 0.6 is 15.9 Å². The third-order valence-electron chi connectivity index (χ3n) is 3.06. The molecule has 0 fully saturated rings. The monoisotopic (exact) mass is 320 g/mol. The summed E-state index contributed by atoms with van der Waals surface area (Å²) in [6.45, 7) is 3.63.